The number of carbonyl (C=O) groups is 1. The Hall–Kier alpha value is -1.21. The number of nitrogens with zero attached hydrogens (tertiary/aromatic N) is 3. The third-order valence-corrected chi connectivity index (χ3v) is 2.98. The Morgan fingerprint density at radius 3 is 2.94 bits per heavy atom. The van der Waals surface area contributed by atoms with Crippen molar-refractivity contribution in [3.63, 3.8) is 0 Å². The third-order valence-electron chi connectivity index (χ3n) is 2.24. The fraction of sp³-hybridized carbons (Fsp3) is 0.667. The molecule has 16 heavy (non-hydrogen) atoms. The van der Waals surface area contributed by atoms with Crippen molar-refractivity contribution in [2.24, 2.45) is 0 Å². The van der Waals surface area contributed by atoms with Crippen molar-refractivity contribution < 1.29 is 4.79 Å². The monoisotopic (exact) mass is 241 g/mol. The standard InChI is InChI=1S/C9H15N5OS/c1-14(4-7(15)11-6-2-3-6)5-8-12-13-9(10)16-8/h6H,2-5H2,1H3,(H2,10,13)(H,11,15). The Bertz CT molecular complexity index is 376. The quantitative estimate of drug-likeness (QED) is 0.747. The number of carbonyl (C=O) groups excluding carboxylic acids is 1. The first-order valence-corrected chi connectivity index (χ1v) is 6.01. The van der Waals surface area contributed by atoms with Crippen molar-refractivity contribution in [1.29, 1.82) is 0 Å². The summed E-state index contributed by atoms with van der Waals surface area (Å²) in [5.41, 5.74) is 5.48. The Balaban J connectivity index is 1.74. The van der Waals surface area contributed by atoms with Crippen LogP contribution < -0.4 is 11.1 Å². The van der Waals surface area contributed by atoms with E-state index in [1.54, 1.807) is 0 Å². The average Bonchev–Trinajstić information content (AvgIpc) is 2.89. The summed E-state index contributed by atoms with van der Waals surface area (Å²) >= 11 is 1.35. The molecule has 7 heteroatoms. The van der Waals surface area contributed by atoms with Crippen LogP contribution in [0.15, 0.2) is 0 Å². The van der Waals surface area contributed by atoms with Crippen LogP contribution in [0.1, 0.15) is 17.8 Å². The van der Waals surface area contributed by atoms with Crippen LogP contribution in [0.4, 0.5) is 5.13 Å². The van der Waals surface area contributed by atoms with Crippen molar-refractivity contribution in [2.75, 3.05) is 19.3 Å². The largest absolute Gasteiger partial charge is 0.374 e. The summed E-state index contributed by atoms with van der Waals surface area (Å²) in [7, 11) is 1.88. The van der Waals surface area contributed by atoms with Gasteiger partial charge in [-0.15, -0.1) is 10.2 Å². The molecule has 0 aliphatic heterocycles. The van der Waals surface area contributed by atoms with Gasteiger partial charge in [0.05, 0.1) is 13.1 Å². The highest BCUT2D eigenvalue weighted by Gasteiger charge is 2.23. The molecule has 1 aliphatic carbocycles. The maximum Gasteiger partial charge on any atom is 0.234 e. The molecule has 1 aromatic heterocycles. The van der Waals surface area contributed by atoms with E-state index in [1.165, 1.54) is 11.3 Å². The molecule has 2 rings (SSSR count). The molecule has 0 unspecified atom stereocenters. The van der Waals surface area contributed by atoms with Crippen LogP contribution in [-0.4, -0.2) is 40.6 Å². The first kappa shape index (κ1) is 11.3. The molecule has 0 spiro atoms. The van der Waals surface area contributed by atoms with Gasteiger partial charge in [0.1, 0.15) is 5.01 Å². The van der Waals surface area contributed by atoms with Crippen molar-refractivity contribution in [3.8, 4) is 0 Å². The molecule has 88 valence electrons. The number of rotatable bonds is 5. The fourth-order valence-corrected chi connectivity index (χ4v) is 2.05. The van der Waals surface area contributed by atoms with E-state index < -0.39 is 0 Å². The zero-order valence-corrected chi connectivity index (χ0v) is 9.96. The van der Waals surface area contributed by atoms with Crippen LogP contribution in [0, 0.1) is 0 Å². The number of hydrogen-bond acceptors (Lipinski definition) is 6. The number of amides is 1. The van der Waals surface area contributed by atoms with Crippen LogP contribution in [0.5, 0.6) is 0 Å². The summed E-state index contributed by atoms with van der Waals surface area (Å²) in [6.45, 7) is 0.989. The Morgan fingerprint density at radius 1 is 1.62 bits per heavy atom. The minimum atomic E-state index is 0.0717. The lowest BCUT2D eigenvalue weighted by atomic mass is 10.5. The fourth-order valence-electron chi connectivity index (χ4n) is 1.36. The lowest BCUT2D eigenvalue weighted by Crippen LogP contribution is -2.35. The van der Waals surface area contributed by atoms with E-state index in [-0.39, 0.29) is 5.91 Å². The smallest absolute Gasteiger partial charge is 0.234 e. The number of likely N-dealkylation sites (N-methyl/N-ethyl adjacent to an activating group) is 1. The Labute approximate surface area is 97.8 Å². The number of hydrogen-bond donors (Lipinski definition) is 2. The number of nitrogens with one attached hydrogen (secondary N) is 1. The average molecular weight is 241 g/mol. The van der Waals surface area contributed by atoms with Gasteiger partial charge in [-0.25, -0.2) is 0 Å². The summed E-state index contributed by atoms with van der Waals surface area (Å²) in [5, 5.41) is 11.9. The Kier molecular flexibility index (Phi) is 3.35. The van der Waals surface area contributed by atoms with Gasteiger partial charge in [0.15, 0.2) is 0 Å². The van der Waals surface area contributed by atoms with Gasteiger partial charge in [-0.05, 0) is 19.9 Å². The van der Waals surface area contributed by atoms with Gasteiger partial charge in [0, 0.05) is 6.04 Å². The predicted octanol–water partition coefficient (Wildman–Crippen LogP) is -0.169. The molecule has 1 aliphatic rings. The van der Waals surface area contributed by atoms with Crippen LogP contribution in [-0.2, 0) is 11.3 Å². The van der Waals surface area contributed by atoms with E-state index in [4.69, 9.17) is 5.73 Å². The van der Waals surface area contributed by atoms with E-state index in [2.05, 4.69) is 15.5 Å². The molecule has 0 atom stereocenters. The van der Waals surface area contributed by atoms with Gasteiger partial charge < -0.3 is 11.1 Å². The molecule has 6 nitrogen and oxygen atoms in total. The first-order chi connectivity index (χ1) is 7.63. The number of aromatic nitrogens is 2. The van der Waals surface area contributed by atoms with Gasteiger partial charge in [-0.2, -0.15) is 0 Å². The van der Waals surface area contributed by atoms with E-state index in [9.17, 15) is 4.79 Å². The predicted molar refractivity (Wildman–Crippen MR) is 61.8 cm³/mol. The molecular formula is C9H15N5OS. The topological polar surface area (TPSA) is 84.1 Å². The highest BCUT2D eigenvalue weighted by atomic mass is 32.1. The summed E-state index contributed by atoms with van der Waals surface area (Å²) < 4.78 is 0. The zero-order valence-electron chi connectivity index (χ0n) is 9.14. The molecule has 1 heterocycles. The number of anilines is 1. The van der Waals surface area contributed by atoms with Crippen molar-refractivity contribution >= 4 is 22.4 Å². The van der Waals surface area contributed by atoms with Gasteiger partial charge >= 0.3 is 0 Å². The molecule has 0 saturated heterocycles. The second-order valence-corrected chi connectivity index (χ2v) is 5.14. The first-order valence-electron chi connectivity index (χ1n) is 5.19. The SMILES string of the molecule is CN(CC(=O)NC1CC1)Cc1nnc(N)s1. The molecule has 1 fully saturated rings. The second kappa shape index (κ2) is 4.75. The highest BCUT2D eigenvalue weighted by molar-refractivity contribution is 7.15. The lowest BCUT2D eigenvalue weighted by Gasteiger charge is -2.13. The maximum absolute atomic E-state index is 11.5. The maximum atomic E-state index is 11.5. The van der Waals surface area contributed by atoms with E-state index >= 15 is 0 Å². The molecule has 1 amide bonds. The number of nitrogen functional groups attached to an aromatic ring is 1. The Morgan fingerprint density at radius 2 is 2.38 bits per heavy atom. The third kappa shape index (κ3) is 3.42. The lowest BCUT2D eigenvalue weighted by molar-refractivity contribution is -0.122. The molecule has 0 bridgehead atoms. The van der Waals surface area contributed by atoms with Crippen LogP contribution in [0.25, 0.3) is 0 Å². The van der Waals surface area contributed by atoms with E-state index in [1.807, 2.05) is 11.9 Å². The van der Waals surface area contributed by atoms with Gasteiger partial charge in [-0.1, -0.05) is 11.3 Å². The second-order valence-electron chi connectivity index (χ2n) is 4.05. The van der Waals surface area contributed by atoms with Gasteiger partial charge in [-0.3, -0.25) is 9.69 Å². The number of nitrogens with two attached hydrogens (primary N) is 1. The highest BCUT2D eigenvalue weighted by Crippen LogP contribution is 2.18. The summed E-state index contributed by atoms with van der Waals surface area (Å²) in [6, 6.07) is 0.415. The summed E-state index contributed by atoms with van der Waals surface area (Å²) in [4.78, 5) is 13.4. The molecule has 0 aromatic carbocycles. The molecular weight excluding hydrogens is 226 g/mol. The van der Waals surface area contributed by atoms with E-state index in [0.29, 0.717) is 24.3 Å². The van der Waals surface area contributed by atoms with Crippen molar-refractivity contribution in [3.05, 3.63) is 5.01 Å². The molecule has 1 aromatic rings. The summed E-state index contributed by atoms with van der Waals surface area (Å²) in [6.07, 6.45) is 2.23. The van der Waals surface area contributed by atoms with Gasteiger partial charge in [0.25, 0.3) is 0 Å². The minimum Gasteiger partial charge on any atom is -0.374 e. The van der Waals surface area contributed by atoms with Crippen molar-refractivity contribution in [2.45, 2.75) is 25.4 Å². The van der Waals surface area contributed by atoms with Crippen LogP contribution in [0.3, 0.4) is 0 Å². The van der Waals surface area contributed by atoms with E-state index in [0.717, 1.165) is 17.8 Å². The minimum absolute atomic E-state index is 0.0717. The molecule has 3 N–H and O–H groups in total. The normalized spacial score (nSPS) is 15.4. The molecule has 1 saturated carbocycles. The van der Waals surface area contributed by atoms with Gasteiger partial charge in [0.2, 0.25) is 11.0 Å². The van der Waals surface area contributed by atoms with Crippen LogP contribution >= 0.6 is 11.3 Å². The summed E-state index contributed by atoms with van der Waals surface area (Å²) in [5.74, 6) is 0.0717. The van der Waals surface area contributed by atoms with Crippen molar-refractivity contribution in [1.82, 2.24) is 20.4 Å². The zero-order chi connectivity index (χ0) is 11.5. The molecule has 0 radical (unpaired) electrons. The van der Waals surface area contributed by atoms with Crippen LogP contribution in [0.2, 0.25) is 0 Å².